The van der Waals surface area contributed by atoms with Crippen LogP contribution in [-0.4, -0.2) is 13.4 Å². The second kappa shape index (κ2) is 6.69. The van der Waals surface area contributed by atoms with Crippen molar-refractivity contribution >= 4 is 32.9 Å². The molecule has 0 saturated heterocycles. The number of hydrogen-bond acceptors (Lipinski definition) is 3. The monoisotopic (exact) mass is 320 g/mol. The molecule has 0 atom stereocenters. The molecule has 0 aliphatic heterocycles. The fraction of sp³-hybridized carbons (Fsp3) is 0.133. The minimum Gasteiger partial charge on any atom is -0.393 e. The van der Waals surface area contributed by atoms with Crippen LogP contribution in [0.3, 0.4) is 0 Å². The summed E-state index contributed by atoms with van der Waals surface area (Å²) in [5.74, 6) is -0.0531. The van der Waals surface area contributed by atoms with Gasteiger partial charge in [-0.1, -0.05) is 54.7 Å². The summed E-state index contributed by atoms with van der Waals surface area (Å²) in [4.78, 5) is 0.410. The smallest absolute Gasteiger partial charge is 0.236 e. The third-order valence-electron chi connectivity index (χ3n) is 2.81. The number of thiocarbonyl (C=S) groups is 1. The van der Waals surface area contributed by atoms with Crippen LogP contribution in [0.15, 0.2) is 54.6 Å². The number of benzene rings is 2. The fourth-order valence-electron chi connectivity index (χ4n) is 1.90. The first-order chi connectivity index (χ1) is 9.94. The maximum Gasteiger partial charge on any atom is 0.236 e. The van der Waals surface area contributed by atoms with Crippen LogP contribution in [0.25, 0.3) is 0 Å². The first-order valence-corrected chi connectivity index (χ1v) is 8.42. The Balaban J connectivity index is 2.05. The van der Waals surface area contributed by atoms with Crippen LogP contribution in [0.4, 0.5) is 5.69 Å². The van der Waals surface area contributed by atoms with Crippen molar-refractivity contribution in [2.45, 2.75) is 12.2 Å². The zero-order valence-electron chi connectivity index (χ0n) is 11.3. The summed E-state index contributed by atoms with van der Waals surface area (Å²) in [6.07, 6.45) is 0.506. The number of anilines is 1. The summed E-state index contributed by atoms with van der Waals surface area (Å²) in [5.41, 5.74) is 7.69. The van der Waals surface area contributed by atoms with Gasteiger partial charge in [0.05, 0.1) is 10.7 Å². The Morgan fingerprint density at radius 3 is 2.19 bits per heavy atom. The van der Waals surface area contributed by atoms with Gasteiger partial charge in [-0.15, -0.1) is 0 Å². The number of hydrogen-bond donors (Lipinski definition) is 2. The Bertz CT molecular complexity index is 711. The maximum atomic E-state index is 12.1. The van der Waals surface area contributed by atoms with Crippen LogP contribution >= 0.6 is 12.2 Å². The first-order valence-electron chi connectivity index (χ1n) is 6.36. The fourth-order valence-corrected chi connectivity index (χ4v) is 3.27. The van der Waals surface area contributed by atoms with Crippen molar-refractivity contribution in [3.8, 4) is 0 Å². The highest BCUT2D eigenvalue weighted by Crippen LogP contribution is 2.14. The van der Waals surface area contributed by atoms with Crippen molar-refractivity contribution < 1.29 is 8.42 Å². The summed E-state index contributed by atoms with van der Waals surface area (Å²) in [6, 6.07) is 16.1. The van der Waals surface area contributed by atoms with E-state index in [-0.39, 0.29) is 5.75 Å². The molecule has 0 bridgehead atoms. The second-order valence-corrected chi connectivity index (χ2v) is 6.93. The summed E-state index contributed by atoms with van der Waals surface area (Å²) < 4.78 is 26.7. The third kappa shape index (κ3) is 5.17. The highest BCUT2D eigenvalue weighted by atomic mass is 32.2. The molecular formula is C15H16N2O2S2. The van der Waals surface area contributed by atoms with E-state index in [1.165, 1.54) is 0 Å². The molecule has 0 saturated carbocycles. The summed E-state index contributed by atoms with van der Waals surface area (Å²) >= 11 is 4.84. The van der Waals surface area contributed by atoms with Gasteiger partial charge < -0.3 is 5.73 Å². The van der Waals surface area contributed by atoms with E-state index in [1.54, 1.807) is 36.4 Å². The average Bonchev–Trinajstić information content (AvgIpc) is 2.40. The largest absolute Gasteiger partial charge is 0.393 e. The average molecular weight is 320 g/mol. The molecule has 0 spiro atoms. The molecular weight excluding hydrogens is 304 g/mol. The summed E-state index contributed by atoms with van der Waals surface area (Å²) in [5, 5.41) is 0. The van der Waals surface area contributed by atoms with E-state index in [0.29, 0.717) is 17.1 Å². The molecule has 4 nitrogen and oxygen atoms in total. The van der Waals surface area contributed by atoms with Crippen LogP contribution in [-0.2, 0) is 22.2 Å². The number of rotatable bonds is 6. The predicted molar refractivity (Wildman–Crippen MR) is 89.6 cm³/mol. The van der Waals surface area contributed by atoms with Crippen LogP contribution in [0.2, 0.25) is 0 Å². The molecule has 2 aromatic carbocycles. The van der Waals surface area contributed by atoms with Gasteiger partial charge in [0.15, 0.2) is 0 Å². The normalized spacial score (nSPS) is 11.0. The van der Waals surface area contributed by atoms with E-state index < -0.39 is 10.0 Å². The zero-order valence-corrected chi connectivity index (χ0v) is 13.0. The number of nitrogens with one attached hydrogen (secondary N) is 1. The van der Waals surface area contributed by atoms with E-state index >= 15 is 0 Å². The summed E-state index contributed by atoms with van der Waals surface area (Å²) in [7, 11) is -3.42. The first kappa shape index (κ1) is 15.5. The Labute approximate surface area is 130 Å². The highest BCUT2D eigenvalue weighted by Gasteiger charge is 2.11. The van der Waals surface area contributed by atoms with Gasteiger partial charge in [0, 0.05) is 12.1 Å². The van der Waals surface area contributed by atoms with Crippen molar-refractivity contribution in [1.29, 1.82) is 0 Å². The van der Waals surface area contributed by atoms with Gasteiger partial charge in [0.1, 0.15) is 0 Å². The van der Waals surface area contributed by atoms with Gasteiger partial charge in [0.25, 0.3) is 0 Å². The quantitative estimate of drug-likeness (QED) is 0.802. The molecule has 3 N–H and O–H groups in total. The van der Waals surface area contributed by atoms with Gasteiger partial charge in [-0.25, -0.2) is 8.42 Å². The minimum atomic E-state index is -3.42. The van der Waals surface area contributed by atoms with E-state index in [2.05, 4.69) is 4.72 Å². The molecule has 0 radical (unpaired) electrons. The van der Waals surface area contributed by atoms with E-state index in [4.69, 9.17) is 18.0 Å². The van der Waals surface area contributed by atoms with E-state index in [0.717, 1.165) is 11.1 Å². The van der Waals surface area contributed by atoms with Crippen LogP contribution in [0, 0.1) is 0 Å². The maximum absolute atomic E-state index is 12.1. The van der Waals surface area contributed by atoms with Crippen molar-refractivity contribution in [3.05, 3.63) is 65.7 Å². The summed E-state index contributed by atoms with van der Waals surface area (Å²) in [6.45, 7) is 0. The molecule has 0 aliphatic carbocycles. The standard InChI is InChI=1S/C15H16N2O2S2/c16-15(20)10-12-6-8-14(9-7-12)17-21(18,19)11-13-4-2-1-3-5-13/h1-9,17H,10-11H2,(H2,16,20). The van der Waals surface area contributed by atoms with E-state index in [1.807, 2.05) is 18.2 Å². The van der Waals surface area contributed by atoms with Gasteiger partial charge in [-0.2, -0.15) is 0 Å². The molecule has 2 aromatic rings. The zero-order chi connectivity index (χ0) is 15.3. The second-order valence-electron chi connectivity index (χ2n) is 4.69. The molecule has 21 heavy (non-hydrogen) atoms. The molecule has 0 aliphatic rings. The predicted octanol–water partition coefficient (Wildman–Crippen LogP) is 2.46. The third-order valence-corrected chi connectivity index (χ3v) is 4.21. The SMILES string of the molecule is NC(=S)Cc1ccc(NS(=O)(=O)Cc2ccccc2)cc1. The van der Waals surface area contributed by atoms with Crippen molar-refractivity contribution in [2.24, 2.45) is 5.73 Å². The lowest BCUT2D eigenvalue weighted by Crippen LogP contribution is -2.15. The van der Waals surface area contributed by atoms with Gasteiger partial charge >= 0.3 is 0 Å². The molecule has 110 valence electrons. The number of sulfonamides is 1. The van der Waals surface area contributed by atoms with Gasteiger partial charge in [0.2, 0.25) is 10.0 Å². The molecule has 0 aromatic heterocycles. The van der Waals surface area contributed by atoms with E-state index in [9.17, 15) is 8.42 Å². The van der Waals surface area contributed by atoms with Gasteiger partial charge in [-0.3, -0.25) is 4.72 Å². The molecule has 2 rings (SSSR count). The Hall–Kier alpha value is -1.92. The highest BCUT2D eigenvalue weighted by molar-refractivity contribution is 7.91. The van der Waals surface area contributed by atoms with Gasteiger partial charge in [-0.05, 0) is 23.3 Å². The molecule has 6 heteroatoms. The lowest BCUT2D eigenvalue weighted by Gasteiger charge is -2.09. The van der Waals surface area contributed by atoms with Crippen LogP contribution in [0.5, 0.6) is 0 Å². The van der Waals surface area contributed by atoms with Crippen LogP contribution < -0.4 is 10.5 Å². The Kier molecular flexibility index (Phi) is 4.93. The lowest BCUT2D eigenvalue weighted by molar-refractivity contribution is 0.600. The Morgan fingerprint density at radius 2 is 1.62 bits per heavy atom. The minimum absolute atomic E-state index is 0.0531. The lowest BCUT2D eigenvalue weighted by atomic mass is 10.1. The number of nitrogens with two attached hydrogens (primary N) is 1. The van der Waals surface area contributed by atoms with Crippen molar-refractivity contribution in [3.63, 3.8) is 0 Å². The topological polar surface area (TPSA) is 72.2 Å². The molecule has 0 heterocycles. The molecule has 0 unspecified atom stereocenters. The van der Waals surface area contributed by atoms with Crippen molar-refractivity contribution in [2.75, 3.05) is 4.72 Å². The molecule has 0 amide bonds. The van der Waals surface area contributed by atoms with Crippen molar-refractivity contribution in [1.82, 2.24) is 0 Å². The van der Waals surface area contributed by atoms with Crippen LogP contribution in [0.1, 0.15) is 11.1 Å². The molecule has 0 fully saturated rings. The Morgan fingerprint density at radius 1 is 1.00 bits per heavy atom.